The van der Waals surface area contributed by atoms with Crippen LogP contribution in [0.15, 0.2) is 53.4 Å². The fraction of sp³-hybridized carbons (Fsp3) is 0.0769. The Bertz CT molecular complexity index is 816. The Morgan fingerprint density at radius 2 is 1.48 bits per heavy atom. The lowest BCUT2D eigenvalue weighted by molar-refractivity contribution is -0.137. The van der Waals surface area contributed by atoms with Gasteiger partial charge in [0.1, 0.15) is 5.75 Å². The summed E-state index contributed by atoms with van der Waals surface area (Å²) in [4.78, 5) is -0.544. The molecule has 0 aliphatic rings. The zero-order valence-corrected chi connectivity index (χ0v) is 13.5. The summed E-state index contributed by atoms with van der Waals surface area (Å²) in [6.07, 6.45) is -4.60. The van der Waals surface area contributed by atoms with Crippen molar-refractivity contribution in [2.24, 2.45) is 0 Å². The van der Waals surface area contributed by atoms with Gasteiger partial charge in [-0.2, -0.15) is 17.4 Å². The molecule has 2 aromatic rings. The van der Waals surface area contributed by atoms with Crippen LogP contribution >= 0.6 is 11.6 Å². The molecule has 0 saturated heterocycles. The molecule has 0 bridgehead atoms. The Balaban J connectivity index is 2.23. The molecule has 1 atom stereocenters. The molecule has 0 spiro atoms. The lowest BCUT2D eigenvalue weighted by Crippen LogP contribution is -2.14. The molecule has 0 saturated carbocycles. The largest absolute Gasteiger partial charge is 0.416 e. The number of rotatable bonds is 4. The van der Waals surface area contributed by atoms with Gasteiger partial charge >= 0.3 is 16.3 Å². The molecule has 0 heterocycles. The van der Waals surface area contributed by atoms with E-state index in [1.807, 2.05) is 0 Å². The van der Waals surface area contributed by atoms with Crippen LogP contribution in [0.5, 0.6) is 5.75 Å². The third kappa shape index (κ3) is 4.24. The van der Waals surface area contributed by atoms with E-state index in [2.05, 4.69) is 0 Å². The standard InChI is InChI=1S/C13H8ClF3O4S2/c14-10-3-5-11(6-4-10)21-22(18)23(19,20)12-7-1-9(2-8-12)13(15,16)17/h1-8H. The molecule has 1 unspecified atom stereocenters. The minimum absolute atomic E-state index is 0.0109. The van der Waals surface area contributed by atoms with Crippen LogP contribution in [-0.2, 0) is 25.2 Å². The first-order chi connectivity index (χ1) is 10.6. The number of alkyl halides is 3. The van der Waals surface area contributed by atoms with Gasteiger partial charge in [-0.25, -0.2) is 8.42 Å². The summed E-state index contributed by atoms with van der Waals surface area (Å²) in [5, 5.41) is 0.369. The van der Waals surface area contributed by atoms with Crippen molar-refractivity contribution in [3.05, 3.63) is 59.1 Å². The topological polar surface area (TPSA) is 60.4 Å². The first kappa shape index (κ1) is 17.8. The first-order valence-corrected chi connectivity index (χ1v) is 9.34. The summed E-state index contributed by atoms with van der Waals surface area (Å²) in [6.45, 7) is 0. The fourth-order valence-corrected chi connectivity index (χ4v) is 3.92. The summed E-state index contributed by atoms with van der Waals surface area (Å²) < 4.78 is 78.1. The maximum atomic E-state index is 12.4. The Hall–Kier alpha value is -1.58. The predicted molar refractivity (Wildman–Crippen MR) is 78.9 cm³/mol. The molecule has 124 valence electrons. The van der Waals surface area contributed by atoms with E-state index in [4.69, 9.17) is 15.8 Å². The molecule has 23 heavy (non-hydrogen) atoms. The zero-order chi connectivity index (χ0) is 17.3. The molecule has 4 nitrogen and oxygen atoms in total. The summed E-state index contributed by atoms with van der Waals surface area (Å²) in [7, 11) is -7.28. The van der Waals surface area contributed by atoms with Crippen molar-refractivity contribution < 1.29 is 30.0 Å². The van der Waals surface area contributed by atoms with Crippen LogP contribution in [0.3, 0.4) is 0 Å². The fourth-order valence-electron chi connectivity index (χ4n) is 1.50. The van der Waals surface area contributed by atoms with Gasteiger partial charge in [0, 0.05) is 5.02 Å². The van der Waals surface area contributed by atoms with Crippen molar-refractivity contribution in [1.29, 1.82) is 0 Å². The van der Waals surface area contributed by atoms with Crippen LogP contribution in [0.1, 0.15) is 5.56 Å². The van der Waals surface area contributed by atoms with Crippen molar-refractivity contribution >= 4 is 30.6 Å². The van der Waals surface area contributed by atoms with Crippen LogP contribution in [0, 0.1) is 0 Å². The van der Waals surface area contributed by atoms with E-state index in [9.17, 15) is 25.8 Å². The third-order valence-corrected chi connectivity index (χ3v) is 6.27. The Kier molecular flexibility index (Phi) is 5.02. The minimum Gasteiger partial charge on any atom is -0.389 e. The SMILES string of the molecule is O=S(Oc1ccc(Cl)cc1)S(=O)(=O)c1ccc(C(F)(F)F)cc1. The van der Waals surface area contributed by atoms with Crippen molar-refractivity contribution in [2.45, 2.75) is 11.1 Å². The average molecular weight is 385 g/mol. The van der Waals surface area contributed by atoms with E-state index in [-0.39, 0.29) is 5.75 Å². The maximum Gasteiger partial charge on any atom is 0.416 e. The highest BCUT2D eigenvalue weighted by Gasteiger charge is 2.32. The average Bonchev–Trinajstić information content (AvgIpc) is 2.48. The summed E-state index contributed by atoms with van der Waals surface area (Å²) in [5.41, 5.74) is -1.01. The van der Waals surface area contributed by atoms with Crippen molar-refractivity contribution in [3.8, 4) is 5.75 Å². The van der Waals surface area contributed by atoms with Gasteiger partial charge in [-0.15, -0.1) is 0 Å². The number of hydrogen-bond acceptors (Lipinski definition) is 4. The lowest BCUT2D eigenvalue weighted by Gasteiger charge is -2.08. The minimum atomic E-state index is -4.60. The maximum absolute atomic E-state index is 12.4. The molecule has 0 aliphatic carbocycles. The lowest BCUT2D eigenvalue weighted by atomic mass is 10.2. The van der Waals surface area contributed by atoms with Gasteiger partial charge in [-0.1, -0.05) is 11.6 Å². The van der Waals surface area contributed by atoms with Crippen LogP contribution in [-0.4, -0.2) is 12.6 Å². The number of halogens is 4. The molecule has 2 aromatic carbocycles. The third-order valence-electron chi connectivity index (χ3n) is 2.63. The van der Waals surface area contributed by atoms with Gasteiger partial charge in [0.25, 0.3) is 8.87 Å². The molecule has 10 heteroatoms. The predicted octanol–water partition coefficient (Wildman–Crippen LogP) is 3.79. The summed E-state index contributed by atoms with van der Waals surface area (Å²) in [5.74, 6) is -0.0109. The van der Waals surface area contributed by atoms with E-state index < -0.39 is 35.6 Å². The van der Waals surface area contributed by atoms with E-state index in [1.165, 1.54) is 24.3 Å². The van der Waals surface area contributed by atoms with Crippen LogP contribution in [0.25, 0.3) is 0 Å². The van der Waals surface area contributed by atoms with E-state index in [0.29, 0.717) is 17.2 Å². The molecule has 0 aromatic heterocycles. The molecule has 0 aliphatic heterocycles. The first-order valence-electron chi connectivity index (χ1n) is 5.89. The van der Waals surface area contributed by atoms with Gasteiger partial charge in [-0.3, -0.25) is 0 Å². The molecule has 0 fully saturated rings. The second-order valence-corrected chi connectivity index (χ2v) is 8.74. The van der Waals surface area contributed by atoms with Crippen molar-refractivity contribution in [1.82, 2.24) is 0 Å². The van der Waals surface area contributed by atoms with Gasteiger partial charge < -0.3 is 4.18 Å². The molecule has 2 rings (SSSR count). The van der Waals surface area contributed by atoms with Crippen LogP contribution < -0.4 is 4.18 Å². The zero-order valence-electron chi connectivity index (χ0n) is 11.1. The van der Waals surface area contributed by atoms with E-state index in [0.717, 1.165) is 12.1 Å². The van der Waals surface area contributed by atoms with E-state index in [1.54, 1.807) is 0 Å². The highest BCUT2D eigenvalue weighted by Crippen LogP contribution is 2.30. The number of hydrogen-bond donors (Lipinski definition) is 0. The Morgan fingerprint density at radius 1 is 0.957 bits per heavy atom. The smallest absolute Gasteiger partial charge is 0.389 e. The van der Waals surface area contributed by atoms with Crippen molar-refractivity contribution in [3.63, 3.8) is 0 Å². The molecule has 0 N–H and O–H groups in total. The second kappa shape index (κ2) is 6.50. The van der Waals surface area contributed by atoms with Crippen LogP contribution in [0.2, 0.25) is 5.02 Å². The van der Waals surface area contributed by atoms with Gasteiger partial charge in [0.05, 0.1) is 10.5 Å². The van der Waals surface area contributed by atoms with Crippen LogP contribution in [0.4, 0.5) is 13.2 Å². The second-order valence-electron chi connectivity index (χ2n) is 4.22. The monoisotopic (exact) mass is 384 g/mol. The summed E-state index contributed by atoms with van der Waals surface area (Å²) >= 11 is 5.64. The van der Waals surface area contributed by atoms with Crippen molar-refractivity contribution in [2.75, 3.05) is 0 Å². The van der Waals surface area contributed by atoms with Gasteiger partial charge in [0.2, 0.25) is 0 Å². The molecule has 0 radical (unpaired) electrons. The normalized spacial score (nSPS) is 13.6. The Labute approximate surface area is 136 Å². The van der Waals surface area contributed by atoms with E-state index >= 15 is 0 Å². The molecular weight excluding hydrogens is 377 g/mol. The highest BCUT2D eigenvalue weighted by molar-refractivity contribution is 8.62. The van der Waals surface area contributed by atoms with Gasteiger partial charge in [0.15, 0.2) is 0 Å². The quantitative estimate of drug-likeness (QED) is 0.752. The highest BCUT2D eigenvalue weighted by atomic mass is 35.5. The molecular formula is C13H8ClF3O4S2. The van der Waals surface area contributed by atoms with Gasteiger partial charge in [-0.05, 0) is 48.5 Å². The molecule has 0 amide bonds. The number of benzene rings is 2. The summed E-state index contributed by atoms with van der Waals surface area (Å²) in [6, 6.07) is 8.05. The Morgan fingerprint density at radius 3 is 1.96 bits per heavy atom.